The molecule has 8 nitrogen and oxygen atoms in total. The van der Waals surface area contributed by atoms with Gasteiger partial charge in [-0.25, -0.2) is 4.98 Å². The molecule has 0 unspecified atom stereocenters. The molecule has 11 heteroatoms. The Morgan fingerprint density at radius 1 is 1.05 bits per heavy atom. The van der Waals surface area contributed by atoms with Gasteiger partial charge >= 0.3 is 0 Å². The summed E-state index contributed by atoms with van der Waals surface area (Å²) in [7, 11) is 0. The second-order valence-corrected chi connectivity index (χ2v) is 11.8. The van der Waals surface area contributed by atoms with Crippen molar-refractivity contribution in [2.45, 2.75) is 36.3 Å². The van der Waals surface area contributed by atoms with Crippen LogP contribution in [0.3, 0.4) is 0 Å². The maximum atomic E-state index is 12.9. The zero-order chi connectivity index (χ0) is 27.3. The van der Waals surface area contributed by atoms with E-state index in [1.54, 1.807) is 6.26 Å². The second kappa shape index (κ2) is 12.4. The lowest BCUT2D eigenvalue weighted by Gasteiger charge is -2.32. The second-order valence-electron chi connectivity index (χ2n) is 9.49. The third-order valence-corrected chi connectivity index (χ3v) is 9.04. The highest BCUT2D eigenvalue weighted by Crippen LogP contribution is 2.33. The smallest absolute Gasteiger partial charge is 0.270 e. The minimum atomic E-state index is -0.117. The number of nitrogens with one attached hydrogen (secondary N) is 1. The number of carbonyl (C=O) groups is 1. The van der Waals surface area contributed by atoms with Gasteiger partial charge in [-0.2, -0.15) is 0 Å². The highest BCUT2D eigenvalue weighted by atomic mass is 35.5. The maximum absolute atomic E-state index is 12.9. The van der Waals surface area contributed by atoms with Crippen LogP contribution in [0.15, 0.2) is 87.9 Å². The van der Waals surface area contributed by atoms with Crippen LogP contribution < -0.4 is 5.32 Å². The molecule has 1 aliphatic rings. The van der Waals surface area contributed by atoms with Gasteiger partial charge in [-0.05, 0) is 42.7 Å². The van der Waals surface area contributed by atoms with Crippen LogP contribution in [0.1, 0.15) is 33.9 Å². The van der Waals surface area contributed by atoms with Gasteiger partial charge in [0.25, 0.3) is 5.91 Å². The summed E-state index contributed by atoms with van der Waals surface area (Å²) in [5, 5.41) is 15.9. The molecule has 0 radical (unpaired) electrons. The summed E-state index contributed by atoms with van der Waals surface area (Å²) in [6, 6.07) is 21.9. The third kappa shape index (κ3) is 6.15. The Balaban J connectivity index is 1.07. The number of thioether (sulfide) groups is 1. The molecule has 4 heterocycles. The number of amides is 1. The Morgan fingerprint density at radius 3 is 2.62 bits per heavy atom. The lowest BCUT2D eigenvalue weighted by Crippen LogP contribution is -2.44. The van der Waals surface area contributed by atoms with Crippen molar-refractivity contribution in [3.8, 4) is 17.3 Å². The van der Waals surface area contributed by atoms with Gasteiger partial charge in [0.1, 0.15) is 10.7 Å². The van der Waals surface area contributed by atoms with Crippen LogP contribution in [0.5, 0.6) is 0 Å². The van der Waals surface area contributed by atoms with Gasteiger partial charge in [-0.15, -0.1) is 21.5 Å². The molecule has 6 rings (SSSR count). The number of likely N-dealkylation sites (tertiary alicyclic amines) is 1. The van der Waals surface area contributed by atoms with Gasteiger partial charge < -0.3 is 9.73 Å². The van der Waals surface area contributed by atoms with Crippen LogP contribution in [-0.4, -0.2) is 49.7 Å². The lowest BCUT2D eigenvalue weighted by molar-refractivity contribution is 0.0904. The number of thiazole rings is 1. The van der Waals surface area contributed by atoms with Crippen LogP contribution in [0.25, 0.3) is 17.3 Å². The summed E-state index contributed by atoms with van der Waals surface area (Å²) < 4.78 is 7.48. The molecule has 0 bridgehead atoms. The Hall–Kier alpha value is -3.44. The van der Waals surface area contributed by atoms with Gasteiger partial charge in [0.05, 0.1) is 22.7 Å². The molecule has 1 N–H and O–H groups in total. The predicted octanol–water partition coefficient (Wildman–Crippen LogP) is 6.32. The molecule has 0 aliphatic carbocycles. The molecule has 204 valence electrons. The van der Waals surface area contributed by atoms with Crippen molar-refractivity contribution < 1.29 is 9.21 Å². The van der Waals surface area contributed by atoms with Crippen molar-refractivity contribution in [2.24, 2.45) is 0 Å². The normalized spacial score (nSPS) is 14.4. The number of halogens is 1. The average molecular weight is 591 g/mol. The summed E-state index contributed by atoms with van der Waals surface area (Å²) >= 11 is 9.48. The van der Waals surface area contributed by atoms with Gasteiger partial charge in [-0.3, -0.25) is 14.3 Å². The number of aromatic nitrogens is 4. The minimum absolute atomic E-state index is 0.117. The predicted molar refractivity (Wildman–Crippen MR) is 158 cm³/mol. The van der Waals surface area contributed by atoms with E-state index in [1.807, 2.05) is 52.4 Å². The first-order chi connectivity index (χ1) is 19.6. The van der Waals surface area contributed by atoms with Crippen LogP contribution in [-0.2, 0) is 12.3 Å². The van der Waals surface area contributed by atoms with E-state index >= 15 is 0 Å². The molecule has 1 fully saturated rings. The Kier molecular flexibility index (Phi) is 8.29. The fourth-order valence-electron chi connectivity index (χ4n) is 4.72. The van der Waals surface area contributed by atoms with E-state index in [2.05, 4.69) is 49.7 Å². The van der Waals surface area contributed by atoms with E-state index < -0.39 is 0 Å². The molecular formula is C29H27ClN6O2S2. The number of furan rings is 1. The Bertz CT molecular complexity index is 1560. The molecule has 1 amide bonds. The van der Waals surface area contributed by atoms with Crippen LogP contribution in [0.4, 0.5) is 0 Å². The summed E-state index contributed by atoms with van der Waals surface area (Å²) in [5.41, 5.74) is 2.54. The summed E-state index contributed by atoms with van der Waals surface area (Å²) in [6.07, 6.45) is 3.46. The largest absolute Gasteiger partial charge is 0.461 e. The van der Waals surface area contributed by atoms with Gasteiger partial charge in [-0.1, -0.05) is 65.8 Å². The van der Waals surface area contributed by atoms with E-state index in [0.29, 0.717) is 33.2 Å². The van der Waals surface area contributed by atoms with E-state index in [4.69, 9.17) is 16.0 Å². The first kappa shape index (κ1) is 26.8. The fraction of sp³-hybridized carbons (Fsp3) is 0.241. The molecule has 3 aromatic heterocycles. The third-order valence-electron chi connectivity index (χ3n) is 6.75. The lowest BCUT2D eigenvalue weighted by atomic mass is 10.0. The van der Waals surface area contributed by atoms with Crippen molar-refractivity contribution in [1.29, 1.82) is 0 Å². The quantitative estimate of drug-likeness (QED) is 0.201. The van der Waals surface area contributed by atoms with E-state index in [-0.39, 0.29) is 11.9 Å². The molecule has 5 aromatic rings. The number of piperidine rings is 1. The topological polar surface area (TPSA) is 89.1 Å². The number of hydrogen-bond donors (Lipinski definition) is 1. The highest BCUT2D eigenvalue weighted by Gasteiger charge is 2.23. The zero-order valence-electron chi connectivity index (χ0n) is 21.6. The van der Waals surface area contributed by atoms with E-state index in [9.17, 15) is 4.79 Å². The number of nitrogens with zero attached hydrogens (tertiary/aromatic N) is 5. The molecule has 2 aromatic carbocycles. The first-order valence-electron chi connectivity index (χ1n) is 13.0. The average Bonchev–Trinajstić information content (AvgIpc) is 3.75. The van der Waals surface area contributed by atoms with Crippen molar-refractivity contribution in [3.05, 3.63) is 99.7 Å². The Labute approximate surface area is 245 Å². The SMILES string of the molecule is O=C(NC1CCN(Cc2ccccc2)CC1)c1csc(CSc2nnc(-c3ccco3)n2-c2ccccc2Cl)n1. The number of para-hydroxylation sites is 1. The molecule has 0 saturated carbocycles. The maximum Gasteiger partial charge on any atom is 0.270 e. The van der Waals surface area contributed by atoms with Crippen molar-refractivity contribution in [3.63, 3.8) is 0 Å². The zero-order valence-corrected chi connectivity index (χ0v) is 24.0. The summed E-state index contributed by atoms with van der Waals surface area (Å²) in [5.74, 6) is 1.58. The molecular weight excluding hydrogens is 564 g/mol. The standard InChI is InChI=1S/C29H27ClN6O2S2/c30-22-9-4-5-10-24(22)36-27(25-11-6-16-38-25)33-34-29(36)40-19-26-32-23(18-39-26)28(37)31-21-12-14-35(15-13-21)17-20-7-2-1-3-8-20/h1-11,16,18,21H,12-15,17,19H2,(H,31,37). The van der Waals surface area contributed by atoms with Gasteiger partial charge in [0.2, 0.25) is 5.82 Å². The number of rotatable bonds is 9. The molecule has 0 spiro atoms. The number of carbonyl (C=O) groups excluding carboxylic acids is 1. The molecule has 40 heavy (non-hydrogen) atoms. The summed E-state index contributed by atoms with van der Waals surface area (Å²) in [4.78, 5) is 20.0. The van der Waals surface area contributed by atoms with E-state index in [1.165, 1.54) is 28.7 Å². The number of hydrogen-bond acceptors (Lipinski definition) is 8. The van der Waals surface area contributed by atoms with Crippen molar-refractivity contribution >= 4 is 40.6 Å². The fourth-order valence-corrected chi connectivity index (χ4v) is 6.68. The van der Waals surface area contributed by atoms with Gasteiger partial charge in [0, 0.05) is 31.1 Å². The van der Waals surface area contributed by atoms with Crippen molar-refractivity contribution in [1.82, 2.24) is 30.0 Å². The molecule has 1 saturated heterocycles. The van der Waals surface area contributed by atoms with Crippen molar-refractivity contribution in [2.75, 3.05) is 13.1 Å². The Morgan fingerprint density at radius 2 is 1.85 bits per heavy atom. The molecule has 1 aliphatic heterocycles. The summed E-state index contributed by atoms with van der Waals surface area (Å²) in [6.45, 7) is 2.87. The minimum Gasteiger partial charge on any atom is -0.461 e. The molecule has 0 atom stereocenters. The monoisotopic (exact) mass is 590 g/mol. The number of benzene rings is 2. The van der Waals surface area contributed by atoms with Crippen LogP contribution in [0.2, 0.25) is 5.02 Å². The van der Waals surface area contributed by atoms with Crippen LogP contribution >= 0.6 is 34.7 Å². The highest BCUT2D eigenvalue weighted by molar-refractivity contribution is 7.98. The van der Waals surface area contributed by atoms with Crippen LogP contribution in [0, 0.1) is 0 Å². The van der Waals surface area contributed by atoms with Gasteiger partial charge in [0.15, 0.2) is 10.9 Å². The first-order valence-corrected chi connectivity index (χ1v) is 15.3. The van der Waals surface area contributed by atoms with E-state index in [0.717, 1.165) is 43.2 Å².